The van der Waals surface area contributed by atoms with Crippen LogP contribution in [0, 0.1) is 12.3 Å². The third kappa shape index (κ3) is 2.43. The van der Waals surface area contributed by atoms with Gasteiger partial charge in [-0.05, 0) is 50.3 Å². The van der Waals surface area contributed by atoms with Crippen LogP contribution in [0.25, 0.3) is 0 Å². The molecule has 3 heteroatoms. The molecule has 17 heavy (non-hydrogen) atoms. The van der Waals surface area contributed by atoms with E-state index in [-0.39, 0.29) is 0 Å². The third-order valence-electron chi connectivity index (χ3n) is 3.39. The summed E-state index contributed by atoms with van der Waals surface area (Å²) in [6.45, 7) is 4.60. The Morgan fingerprint density at radius 2 is 2.18 bits per heavy atom. The normalized spacial score (nSPS) is 16.6. The van der Waals surface area contributed by atoms with E-state index in [9.17, 15) is 4.79 Å². The first kappa shape index (κ1) is 12.0. The van der Waals surface area contributed by atoms with Gasteiger partial charge in [-0.25, -0.2) is 0 Å². The Morgan fingerprint density at radius 1 is 1.47 bits per heavy atom. The van der Waals surface area contributed by atoms with Crippen LogP contribution in [0.2, 0.25) is 0 Å². The van der Waals surface area contributed by atoms with Gasteiger partial charge < -0.3 is 9.84 Å². The lowest BCUT2D eigenvalue weighted by atomic mass is 9.95. The van der Waals surface area contributed by atoms with E-state index in [1.807, 2.05) is 32.0 Å². The summed E-state index contributed by atoms with van der Waals surface area (Å²) in [6, 6.07) is 5.95. The van der Waals surface area contributed by atoms with Crippen molar-refractivity contribution < 1.29 is 14.6 Å². The number of aryl methyl sites for hydroxylation is 1. The van der Waals surface area contributed by atoms with Gasteiger partial charge in [0.05, 0.1) is 12.0 Å². The first-order valence-corrected chi connectivity index (χ1v) is 6.03. The van der Waals surface area contributed by atoms with Crippen molar-refractivity contribution in [2.75, 3.05) is 6.61 Å². The van der Waals surface area contributed by atoms with E-state index in [2.05, 4.69) is 0 Å². The topological polar surface area (TPSA) is 46.5 Å². The number of carbonyl (C=O) groups is 1. The quantitative estimate of drug-likeness (QED) is 0.852. The summed E-state index contributed by atoms with van der Waals surface area (Å²) in [5, 5.41) is 9.15. The second-order valence-electron chi connectivity index (χ2n) is 4.80. The molecule has 0 aromatic heterocycles. The van der Waals surface area contributed by atoms with Gasteiger partial charge in [0.15, 0.2) is 0 Å². The van der Waals surface area contributed by atoms with Crippen LogP contribution in [0.1, 0.15) is 30.9 Å². The zero-order chi connectivity index (χ0) is 12.5. The summed E-state index contributed by atoms with van der Waals surface area (Å²) >= 11 is 0. The Balaban J connectivity index is 2.13. The first-order chi connectivity index (χ1) is 8.07. The lowest BCUT2D eigenvalue weighted by Gasteiger charge is -2.12. The number of benzene rings is 1. The van der Waals surface area contributed by atoms with Crippen LogP contribution in [0.5, 0.6) is 5.75 Å². The third-order valence-corrected chi connectivity index (χ3v) is 3.39. The molecule has 0 saturated heterocycles. The van der Waals surface area contributed by atoms with E-state index in [0.29, 0.717) is 13.0 Å². The van der Waals surface area contributed by atoms with E-state index in [4.69, 9.17) is 9.84 Å². The summed E-state index contributed by atoms with van der Waals surface area (Å²) < 4.78 is 5.47. The standard InChI is InChI=1S/C14H18O3/c1-3-17-12-5-4-11(8-10(12)2)9-14(6-7-14)13(15)16/h4-5,8H,3,6-7,9H2,1-2H3,(H,15,16). The second-order valence-corrected chi connectivity index (χ2v) is 4.80. The molecular weight excluding hydrogens is 216 g/mol. The minimum absolute atomic E-state index is 0.487. The second kappa shape index (κ2) is 4.40. The van der Waals surface area contributed by atoms with E-state index >= 15 is 0 Å². The maximum absolute atomic E-state index is 11.1. The Morgan fingerprint density at radius 3 is 2.65 bits per heavy atom. The number of aliphatic carboxylic acids is 1. The molecule has 3 nitrogen and oxygen atoms in total. The molecule has 0 spiro atoms. The molecule has 0 aliphatic heterocycles. The van der Waals surface area contributed by atoms with Crippen molar-refractivity contribution in [3.8, 4) is 5.75 Å². The lowest BCUT2D eigenvalue weighted by Crippen LogP contribution is -2.17. The fraction of sp³-hybridized carbons (Fsp3) is 0.500. The van der Waals surface area contributed by atoms with Crippen molar-refractivity contribution >= 4 is 5.97 Å². The summed E-state index contributed by atoms with van der Waals surface area (Å²) in [5.41, 5.74) is 1.68. The van der Waals surface area contributed by atoms with E-state index < -0.39 is 11.4 Å². The van der Waals surface area contributed by atoms with Crippen LogP contribution in [0.3, 0.4) is 0 Å². The van der Waals surface area contributed by atoms with Gasteiger partial charge in [0, 0.05) is 0 Å². The summed E-state index contributed by atoms with van der Waals surface area (Å²) in [6.07, 6.45) is 2.23. The van der Waals surface area contributed by atoms with Gasteiger partial charge in [-0.2, -0.15) is 0 Å². The first-order valence-electron chi connectivity index (χ1n) is 6.03. The molecule has 1 N–H and O–H groups in total. The summed E-state index contributed by atoms with van der Waals surface area (Å²) in [7, 11) is 0. The Kier molecular flexibility index (Phi) is 3.09. The summed E-state index contributed by atoms with van der Waals surface area (Å²) in [5.74, 6) is 0.223. The van der Waals surface area contributed by atoms with Gasteiger partial charge in [0.1, 0.15) is 5.75 Å². The molecule has 1 aliphatic rings. The molecule has 1 aliphatic carbocycles. The Hall–Kier alpha value is -1.51. The molecule has 1 fully saturated rings. The molecular formula is C14H18O3. The van der Waals surface area contributed by atoms with Crippen molar-refractivity contribution in [1.29, 1.82) is 0 Å². The Labute approximate surface area is 101 Å². The van der Waals surface area contributed by atoms with Crippen LogP contribution < -0.4 is 4.74 Å². The van der Waals surface area contributed by atoms with Gasteiger partial charge in [-0.1, -0.05) is 12.1 Å². The van der Waals surface area contributed by atoms with Crippen LogP contribution in [0.15, 0.2) is 18.2 Å². The molecule has 0 unspecified atom stereocenters. The van der Waals surface area contributed by atoms with E-state index in [0.717, 1.165) is 29.7 Å². The van der Waals surface area contributed by atoms with Crippen molar-refractivity contribution in [1.82, 2.24) is 0 Å². The molecule has 1 saturated carbocycles. The molecule has 0 bridgehead atoms. The number of carboxylic acid groups (broad SMARTS) is 1. The maximum Gasteiger partial charge on any atom is 0.309 e. The van der Waals surface area contributed by atoms with Gasteiger partial charge in [0.25, 0.3) is 0 Å². The SMILES string of the molecule is CCOc1ccc(CC2(C(=O)O)CC2)cc1C. The molecule has 0 atom stereocenters. The van der Waals surface area contributed by atoms with Crippen LogP contribution in [-0.2, 0) is 11.2 Å². The minimum atomic E-state index is -0.663. The van der Waals surface area contributed by atoms with Crippen LogP contribution in [0.4, 0.5) is 0 Å². The van der Waals surface area contributed by atoms with Crippen molar-refractivity contribution in [3.63, 3.8) is 0 Å². The highest BCUT2D eigenvalue weighted by atomic mass is 16.5. The van der Waals surface area contributed by atoms with Crippen molar-refractivity contribution in [3.05, 3.63) is 29.3 Å². The van der Waals surface area contributed by atoms with Crippen molar-refractivity contribution in [2.24, 2.45) is 5.41 Å². The highest BCUT2D eigenvalue weighted by molar-refractivity contribution is 5.78. The monoisotopic (exact) mass is 234 g/mol. The number of rotatable bonds is 5. The van der Waals surface area contributed by atoms with Crippen molar-refractivity contribution in [2.45, 2.75) is 33.1 Å². The highest BCUT2D eigenvalue weighted by Gasteiger charge is 2.49. The van der Waals surface area contributed by atoms with Gasteiger partial charge in [0.2, 0.25) is 0 Å². The molecule has 92 valence electrons. The number of hydrogen-bond donors (Lipinski definition) is 1. The molecule has 2 rings (SSSR count). The predicted molar refractivity (Wildman–Crippen MR) is 65.4 cm³/mol. The predicted octanol–water partition coefficient (Wildman–Crippen LogP) is 2.80. The largest absolute Gasteiger partial charge is 0.494 e. The Bertz CT molecular complexity index is 433. The number of carboxylic acids is 1. The molecule has 0 amide bonds. The minimum Gasteiger partial charge on any atom is -0.494 e. The van der Waals surface area contributed by atoms with Gasteiger partial charge >= 0.3 is 5.97 Å². The van der Waals surface area contributed by atoms with Crippen LogP contribution in [-0.4, -0.2) is 17.7 Å². The fourth-order valence-corrected chi connectivity index (χ4v) is 2.15. The maximum atomic E-state index is 11.1. The molecule has 1 aromatic carbocycles. The zero-order valence-corrected chi connectivity index (χ0v) is 10.3. The average Bonchev–Trinajstić information content (AvgIpc) is 3.03. The van der Waals surface area contributed by atoms with E-state index in [1.54, 1.807) is 0 Å². The number of ether oxygens (including phenoxy) is 1. The molecule has 1 aromatic rings. The lowest BCUT2D eigenvalue weighted by molar-refractivity contribution is -0.143. The van der Waals surface area contributed by atoms with Gasteiger partial charge in [-0.3, -0.25) is 4.79 Å². The van der Waals surface area contributed by atoms with Gasteiger partial charge in [-0.15, -0.1) is 0 Å². The highest BCUT2D eigenvalue weighted by Crippen LogP contribution is 2.48. The molecule has 0 heterocycles. The van der Waals surface area contributed by atoms with E-state index in [1.165, 1.54) is 0 Å². The zero-order valence-electron chi connectivity index (χ0n) is 10.3. The molecule has 0 radical (unpaired) electrons. The fourth-order valence-electron chi connectivity index (χ4n) is 2.15. The average molecular weight is 234 g/mol. The number of hydrogen-bond acceptors (Lipinski definition) is 2. The van der Waals surface area contributed by atoms with Crippen LogP contribution >= 0.6 is 0 Å². The smallest absolute Gasteiger partial charge is 0.309 e. The summed E-state index contributed by atoms with van der Waals surface area (Å²) in [4.78, 5) is 11.1.